The molecule has 0 aliphatic carbocycles. The number of anilines is 1. The zero-order valence-corrected chi connectivity index (χ0v) is 13.6. The summed E-state index contributed by atoms with van der Waals surface area (Å²) in [6.07, 6.45) is 0. The lowest BCUT2D eigenvalue weighted by molar-refractivity contribution is 0.102. The van der Waals surface area contributed by atoms with Crippen molar-refractivity contribution in [3.8, 4) is 10.6 Å². The summed E-state index contributed by atoms with van der Waals surface area (Å²) in [5.41, 5.74) is 1.22. The smallest absolute Gasteiger partial charge is 0.263 e. The summed E-state index contributed by atoms with van der Waals surface area (Å²) in [5, 5.41) is 5.04. The van der Waals surface area contributed by atoms with Gasteiger partial charge in [0.2, 0.25) is 0 Å². The molecule has 112 valence electrons. The van der Waals surface area contributed by atoms with Gasteiger partial charge in [0.1, 0.15) is 5.56 Å². The van der Waals surface area contributed by atoms with E-state index in [1.807, 2.05) is 24.4 Å². The summed E-state index contributed by atoms with van der Waals surface area (Å²) in [6.45, 7) is 3.80. The van der Waals surface area contributed by atoms with Crippen LogP contribution in [0.3, 0.4) is 0 Å². The minimum absolute atomic E-state index is 0.0781. The van der Waals surface area contributed by atoms with Crippen molar-refractivity contribution in [1.82, 2.24) is 9.97 Å². The van der Waals surface area contributed by atoms with Crippen LogP contribution in [0, 0.1) is 13.8 Å². The van der Waals surface area contributed by atoms with Crippen LogP contribution in [0.25, 0.3) is 10.6 Å². The third-order valence-corrected chi connectivity index (χ3v) is 4.80. The minimum Gasteiger partial charge on any atom is -0.326 e. The number of nitrogens with zero attached hydrogens (tertiary/aromatic N) is 1. The first-order valence-electron chi connectivity index (χ1n) is 6.56. The van der Waals surface area contributed by atoms with E-state index in [1.54, 1.807) is 24.3 Å². The average molecular weight is 331 g/mol. The molecule has 0 fully saturated rings. The Bertz CT molecular complexity index is 892. The molecule has 1 amide bonds. The van der Waals surface area contributed by atoms with E-state index >= 15 is 0 Å². The van der Waals surface area contributed by atoms with E-state index in [9.17, 15) is 9.59 Å². The Hall–Kier alpha value is -2.25. The van der Waals surface area contributed by atoms with Crippen LogP contribution in [0.5, 0.6) is 0 Å². The van der Waals surface area contributed by atoms with E-state index in [0.29, 0.717) is 10.8 Å². The molecule has 5 nitrogen and oxygen atoms in total. The highest BCUT2D eigenvalue weighted by molar-refractivity contribution is 7.17. The van der Waals surface area contributed by atoms with Crippen LogP contribution in [-0.2, 0) is 0 Å². The zero-order chi connectivity index (χ0) is 15.7. The van der Waals surface area contributed by atoms with Gasteiger partial charge in [0.05, 0.1) is 10.6 Å². The first-order chi connectivity index (χ1) is 10.5. The van der Waals surface area contributed by atoms with Gasteiger partial charge >= 0.3 is 0 Å². The van der Waals surface area contributed by atoms with Crippen LogP contribution in [-0.4, -0.2) is 15.9 Å². The maximum Gasteiger partial charge on any atom is 0.263 e. The maximum absolute atomic E-state index is 12.1. The number of H-pyrrole nitrogens is 1. The quantitative estimate of drug-likeness (QED) is 0.772. The molecule has 0 aromatic carbocycles. The Morgan fingerprint density at radius 2 is 2.05 bits per heavy atom. The van der Waals surface area contributed by atoms with Crippen LogP contribution < -0.4 is 10.9 Å². The zero-order valence-electron chi connectivity index (χ0n) is 12.0. The summed E-state index contributed by atoms with van der Waals surface area (Å²) in [5.74, 6) is -0.454. The summed E-state index contributed by atoms with van der Waals surface area (Å²) in [7, 11) is 0. The number of pyridine rings is 1. The molecule has 0 atom stereocenters. The molecule has 7 heteroatoms. The summed E-state index contributed by atoms with van der Waals surface area (Å²) in [4.78, 5) is 33.2. The number of aromatic amines is 1. The number of hydrogen-bond acceptors (Lipinski definition) is 5. The van der Waals surface area contributed by atoms with Crippen molar-refractivity contribution in [1.29, 1.82) is 0 Å². The van der Waals surface area contributed by atoms with Gasteiger partial charge in [-0.25, -0.2) is 4.98 Å². The summed E-state index contributed by atoms with van der Waals surface area (Å²) < 4.78 is 0. The van der Waals surface area contributed by atoms with Crippen molar-refractivity contribution in [2.75, 3.05) is 5.32 Å². The molecule has 0 spiro atoms. The van der Waals surface area contributed by atoms with Gasteiger partial charge in [-0.2, -0.15) is 0 Å². The average Bonchev–Trinajstić information content (AvgIpc) is 3.07. The molecule has 0 radical (unpaired) electrons. The second kappa shape index (κ2) is 5.86. The fraction of sp³-hybridized carbons (Fsp3) is 0.133. The number of aryl methyl sites for hydroxylation is 2. The standard InChI is InChI=1S/C15H13N3O2S2/c1-8-3-5-10(13(19)16-8)14(20)18-15-17-11(7-21-15)12-6-4-9(2)22-12/h3-7H,1-2H3,(H,16,19)(H,17,18,20). The van der Waals surface area contributed by atoms with E-state index in [2.05, 4.69) is 15.3 Å². The third-order valence-electron chi connectivity index (χ3n) is 3.02. The number of thiazole rings is 1. The highest BCUT2D eigenvalue weighted by Gasteiger charge is 2.13. The molecule has 3 aromatic rings. The number of carbonyl (C=O) groups excluding carboxylic acids is 1. The Morgan fingerprint density at radius 3 is 2.73 bits per heavy atom. The minimum atomic E-state index is -0.454. The van der Waals surface area contributed by atoms with Crippen LogP contribution in [0.15, 0.2) is 34.4 Å². The first kappa shape index (κ1) is 14.7. The Labute approximate surface area is 134 Å². The van der Waals surface area contributed by atoms with Crippen molar-refractivity contribution in [3.05, 3.63) is 56.1 Å². The van der Waals surface area contributed by atoms with Crippen LogP contribution in [0.4, 0.5) is 5.13 Å². The second-order valence-corrected chi connectivity index (χ2v) is 6.93. The fourth-order valence-electron chi connectivity index (χ4n) is 1.93. The third kappa shape index (κ3) is 3.00. The number of hydrogen-bond donors (Lipinski definition) is 2. The fourth-order valence-corrected chi connectivity index (χ4v) is 3.54. The first-order valence-corrected chi connectivity index (χ1v) is 8.26. The van der Waals surface area contributed by atoms with Gasteiger partial charge in [0.15, 0.2) is 5.13 Å². The molecule has 22 heavy (non-hydrogen) atoms. The number of rotatable bonds is 3. The molecular formula is C15H13N3O2S2. The summed E-state index contributed by atoms with van der Waals surface area (Å²) >= 11 is 2.99. The molecule has 2 N–H and O–H groups in total. The van der Waals surface area contributed by atoms with Gasteiger partial charge in [-0.3, -0.25) is 14.9 Å². The van der Waals surface area contributed by atoms with Crippen LogP contribution in [0.1, 0.15) is 20.9 Å². The lowest BCUT2D eigenvalue weighted by Crippen LogP contribution is -2.23. The van der Waals surface area contributed by atoms with E-state index in [0.717, 1.165) is 10.6 Å². The Kier molecular flexibility index (Phi) is 3.91. The molecule has 0 unspecified atom stereocenters. The summed E-state index contributed by atoms with van der Waals surface area (Å²) in [6, 6.07) is 7.24. The Balaban J connectivity index is 1.80. The van der Waals surface area contributed by atoms with E-state index < -0.39 is 11.5 Å². The van der Waals surface area contributed by atoms with Crippen molar-refractivity contribution < 1.29 is 4.79 Å². The largest absolute Gasteiger partial charge is 0.326 e. The van der Waals surface area contributed by atoms with E-state index in [1.165, 1.54) is 22.3 Å². The van der Waals surface area contributed by atoms with E-state index in [-0.39, 0.29) is 5.56 Å². The van der Waals surface area contributed by atoms with Gasteiger partial charge in [-0.15, -0.1) is 22.7 Å². The highest BCUT2D eigenvalue weighted by atomic mass is 32.1. The van der Waals surface area contributed by atoms with Crippen molar-refractivity contribution >= 4 is 33.7 Å². The van der Waals surface area contributed by atoms with Crippen molar-refractivity contribution in [2.24, 2.45) is 0 Å². The monoisotopic (exact) mass is 331 g/mol. The number of aromatic nitrogens is 2. The molecule has 0 aliphatic heterocycles. The predicted octanol–water partition coefficient (Wildman–Crippen LogP) is 3.43. The Morgan fingerprint density at radius 1 is 1.23 bits per heavy atom. The van der Waals surface area contributed by atoms with Crippen molar-refractivity contribution in [2.45, 2.75) is 13.8 Å². The van der Waals surface area contributed by atoms with E-state index in [4.69, 9.17) is 0 Å². The van der Waals surface area contributed by atoms with Crippen LogP contribution in [0.2, 0.25) is 0 Å². The topological polar surface area (TPSA) is 74.8 Å². The molecular weight excluding hydrogens is 318 g/mol. The number of nitrogens with one attached hydrogen (secondary N) is 2. The number of amides is 1. The lowest BCUT2D eigenvalue weighted by atomic mass is 10.2. The SMILES string of the molecule is Cc1ccc(C(=O)Nc2nc(-c3ccc(C)s3)cs2)c(=O)[nH]1. The van der Waals surface area contributed by atoms with Crippen LogP contribution >= 0.6 is 22.7 Å². The number of carbonyl (C=O) groups is 1. The highest BCUT2D eigenvalue weighted by Crippen LogP contribution is 2.30. The molecule has 0 saturated heterocycles. The normalized spacial score (nSPS) is 10.6. The number of thiophene rings is 1. The van der Waals surface area contributed by atoms with Gasteiger partial charge in [-0.05, 0) is 38.1 Å². The maximum atomic E-state index is 12.1. The second-order valence-electron chi connectivity index (χ2n) is 4.79. The van der Waals surface area contributed by atoms with Gasteiger partial charge in [0, 0.05) is 16.0 Å². The lowest BCUT2D eigenvalue weighted by Gasteiger charge is -2.01. The molecule has 3 heterocycles. The molecule has 0 saturated carbocycles. The predicted molar refractivity (Wildman–Crippen MR) is 89.9 cm³/mol. The molecule has 0 bridgehead atoms. The molecule has 3 aromatic heterocycles. The van der Waals surface area contributed by atoms with Gasteiger partial charge in [0.25, 0.3) is 11.5 Å². The van der Waals surface area contributed by atoms with Gasteiger partial charge < -0.3 is 4.98 Å². The molecule has 3 rings (SSSR count). The molecule has 0 aliphatic rings. The van der Waals surface area contributed by atoms with Gasteiger partial charge in [-0.1, -0.05) is 0 Å². The van der Waals surface area contributed by atoms with Crippen molar-refractivity contribution in [3.63, 3.8) is 0 Å².